The highest BCUT2D eigenvalue weighted by atomic mass is 19.1. The Balaban J connectivity index is 1.57. The van der Waals surface area contributed by atoms with Crippen LogP contribution in [-0.4, -0.2) is 41.2 Å². The Morgan fingerprint density at radius 3 is 2.51 bits per heavy atom. The summed E-state index contributed by atoms with van der Waals surface area (Å²) in [5, 5.41) is 3.23. The number of carbonyl (C=O) groups is 3. The minimum Gasteiger partial charge on any atom is -0.351 e. The van der Waals surface area contributed by atoms with E-state index in [0.717, 1.165) is 31.2 Å². The molecule has 1 saturated heterocycles. The molecule has 3 aliphatic rings. The fraction of sp³-hybridized carbons (Fsp3) is 0.500. The first-order valence-corrected chi connectivity index (χ1v) is 13.6. The number of rotatable bonds is 7. The van der Waals surface area contributed by atoms with Gasteiger partial charge in [-0.2, -0.15) is 0 Å². The molecule has 0 bridgehead atoms. The Bertz CT molecular complexity index is 1170. The molecule has 2 aromatic rings. The second-order valence-corrected chi connectivity index (χ2v) is 10.8. The quantitative estimate of drug-likeness (QED) is 0.581. The van der Waals surface area contributed by atoms with Gasteiger partial charge >= 0.3 is 0 Å². The second kappa shape index (κ2) is 10.6. The number of amides is 3. The summed E-state index contributed by atoms with van der Waals surface area (Å²) in [4.78, 5) is 44.3. The highest BCUT2D eigenvalue weighted by Crippen LogP contribution is 2.51. The van der Waals surface area contributed by atoms with E-state index < -0.39 is 17.9 Å². The van der Waals surface area contributed by atoms with E-state index in [1.807, 2.05) is 31.2 Å². The van der Waals surface area contributed by atoms with Gasteiger partial charge < -0.3 is 10.2 Å². The molecule has 7 heteroatoms. The maximum Gasteiger partial charge on any atom is 0.250 e. The number of benzene rings is 2. The lowest BCUT2D eigenvalue weighted by Crippen LogP contribution is -2.56. The lowest BCUT2D eigenvalue weighted by molar-refractivity contribution is -0.141. The fourth-order valence-corrected chi connectivity index (χ4v) is 6.28. The summed E-state index contributed by atoms with van der Waals surface area (Å²) < 4.78 is 14.5. The SMILES string of the molecule is CCC(=O)N1CCCCC1C(=O)N(c1cccc(F)c1)C(C(=O)NC1CC2CC2C1)c1ccccc1C. The van der Waals surface area contributed by atoms with Crippen LogP contribution in [0.15, 0.2) is 48.5 Å². The number of hydrogen-bond donors (Lipinski definition) is 1. The molecule has 196 valence electrons. The van der Waals surface area contributed by atoms with Crippen molar-refractivity contribution in [2.75, 3.05) is 11.4 Å². The minimum absolute atomic E-state index is 0.0834. The molecular formula is C30H36FN3O3. The molecule has 37 heavy (non-hydrogen) atoms. The smallest absolute Gasteiger partial charge is 0.250 e. The van der Waals surface area contributed by atoms with Gasteiger partial charge in [-0.1, -0.05) is 37.3 Å². The Kier molecular flexibility index (Phi) is 7.31. The number of hydrogen-bond acceptors (Lipinski definition) is 3. The first-order chi connectivity index (χ1) is 17.9. The van der Waals surface area contributed by atoms with Crippen molar-refractivity contribution in [3.05, 3.63) is 65.5 Å². The lowest BCUT2D eigenvalue weighted by Gasteiger charge is -2.40. The van der Waals surface area contributed by atoms with Crippen LogP contribution in [0, 0.1) is 24.6 Å². The number of nitrogens with one attached hydrogen (secondary N) is 1. The predicted octanol–water partition coefficient (Wildman–Crippen LogP) is 4.91. The van der Waals surface area contributed by atoms with Gasteiger partial charge in [-0.05, 0) is 86.6 Å². The zero-order valence-corrected chi connectivity index (χ0v) is 21.7. The highest BCUT2D eigenvalue weighted by molar-refractivity contribution is 6.05. The van der Waals surface area contributed by atoms with Crippen LogP contribution >= 0.6 is 0 Å². The van der Waals surface area contributed by atoms with Gasteiger partial charge in [0.05, 0.1) is 0 Å². The van der Waals surface area contributed by atoms with E-state index in [1.54, 1.807) is 24.0 Å². The van der Waals surface area contributed by atoms with Crippen LogP contribution < -0.4 is 10.2 Å². The molecule has 1 heterocycles. The summed E-state index contributed by atoms with van der Waals surface area (Å²) in [5.74, 6) is 0.213. The van der Waals surface area contributed by atoms with E-state index in [4.69, 9.17) is 0 Å². The molecule has 0 aromatic heterocycles. The zero-order chi connectivity index (χ0) is 26.1. The fourth-order valence-electron chi connectivity index (χ4n) is 6.28. The van der Waals surface area contributed by atoms with E-state index in [9.17, 15) is 18.8 Å². The molecular weight excluding hydrogens is 469 g/mol. The molecule has 2 aliphatic carbocycles. The molecule has 3 amide bonds. The molecule has 1 aliphatic heterocycles. The molecule has 5 rings (SSSR count). The molecule has 0 radical (unpaired) electrons. The summed E-state index contributed by atoms with van der Waals surface area (Å²) >= 11 is 0. The monoisotopic (exact) mass is 505 g/mol. The molecule has 2 saturated carbocycles. The van der Waals surface area contributed by atoms with Crippen molar-refractivity contribution in [3.8, 4) is 0 Å². The average Bonchev–Trinajstić information content (AvgIpc) is 3.52. The van der Waals surface area contributed by atoms with E-state index in [-0.39, 0.29) is 23.8 Å². The number of nitrogens with zero attached hydrogens (tertiary/aromatic N) is 2. The van der Waals surface area contributed by atoms with E-state index in [1.165, 1.54) is 23.5 Å². The number of anilines is 1. The lowest BCUT2D eigenvalue weighted by atomic mass is 9.94. The zero-order valence-electron chi connectivity index (χ0n) is 21.7. The van der Waals surface area contributed by atoms with Gasteiger partial charge in [0.25, 0.3) is 5.91 Å². The largest absolute Gasteiger partial charge is 0.351 e. The third-order valence-corrected chi connectivity index (χ3v) is 8.31. The summed E-state index contributed by atoms with van der Waals surface area (Å²) in [6.07, 6.45) is 5.64. The van der Waals surface area contributed by atoms with Crippen LogP contribution in [0.25, 0.3) is 0 Å². The van der Waals surface area contributed by atoms with Crippen molar-refractivity contribution < 1.29 is 18.8 Å². The number of fused-ring (bicyclic) bond motifs is 1. The number of piperidine rings is 1. The van der Waals surface area contributed by atoms with Gasteiger partial charge in [0.1, 0.15) is 17.9 Å². The van der Waals surface area contributed by atoms with Crippen LogP contribution in [0.4, 0.5) is 10.1 Å². The average molecular weight is 506 g/mol. The number of aryl methyl sites for hydroxylation is 1. The van der Waals surface area contributed by atoms with Crippen molar-refractivity contribution in [2.24, 2.45) is 11.8 Å². The van der Waals surface area contributed by atoms with Crippen LogP contribution in [0.3, 0.4) is 0 Å². The van der Waals surface area contributed by atoms with Crippen LogP contribution in [-0.2, 0) is 14.4 Å². The van der Waals surface area contributed by atoms with Crippen molar-refractivity contribution in [3.63, 3.8) is 0 Å². The van der Waals surface area contributed by atoms with E-state index in [2.05, 4.69) is 5.32 Å². The number of carbonyl (C=O) groups excluding carboxylic acids is 3. The predicted molar refractivity (Wildman–Crippen MR) is 140 cm³/mol. The number of halogens is 1. The van der Waals surface area contributed by atoms with Gasteiger partial charge in [0.2, 0.25) is 11.8 Å². The molecule has 0 spiro atoms. The third kappa shape index (κ3) is 5.27. The maximum absolute atomic E-state index is 14.5. The van der Waals surface area contributed by atoms with Gasteiger partial charge in [-0.3, -0.25) is 19.3 Å². The first kappa shape index (κ1) is 25.4. The Hall–Kier alpha value is -3.22. The van der Waals surface area contributed by atoms with Crippen molar-refractivity contribution in [1.82, 2.24) is 10.2 Å². The molecule has 4 unspecified atom stereocenters. The Labute approximate surface area is 218 Å². The molecule has 6 nitrogen and oxygen atoms in total. The Morgan fingerprint density at radius 1 is 1.05 bits per heavy atom. The standard InChI is InChI=1S/C30H36FN3O3/c1-3-27(35)33-14-7-6-13-26(33)30(37)34(24-11-8-10-22(31)18-24)28(25-12-5-4-9-19(25)2)29(36)32-23-16-20-15-21(20)17-23/h4-5,8-12,18,20-21,23,26,28H,3,6-7,13-17H2,1-2H3,(H,32,36). The topological polar surface area (TPSA) is 69.7 Å². The molecule has 3 fully saturated rings. The van der Waals surface area contributed by atoms with Crippen molar-refractivity contribution in [2.45, 2.75) is 76.9 Å². The van der Waals surface area contributed by atoms with Gasteiger partial charge in [-0.25, -0.2) is 4.39 Å². The Morgan fingerprint density at radius 2 is 1.81 bits per heavy atom. The highest BCUT2D eigenvalue weighted by Gasteiger charge is 2.47. The van der Waals surface area contributed by atoms with Crippen LogP contribution in [0.1, 0.15) is 69.0 Å². The normalized spacial score (nSPS) is 25.2. The summed E-state index contributed by atoms with van der Waals surface area (Å²) in [6, 6.07) is 11.8. The first-order valence-electron chi connectivity index (χ1n) is 13.6. The number of likely N-dealkylation sites (tertiary alicyclic amines) is 1. The van der Waals surface area contributed by atoms with Gasteiger partial charge in [0, 0.05) is 24.7 Å². The summed E-state index contributed by atoms with van der Waals surface area (Å²) in [6.45, 7) is 4.22. The molecule has 2 aromatic carbocycles. The van der Waals surface area contributed by atoms with Gasteiger partial charge in [0.15, 0.2) is 0 Å². The van der Waals surface area contributed by atoms with Crippen LogP contribution in [0.2, 0.25) is 0 Å². The van der Waals surface area contributed by atoms with E-state index in [0.29, 0.717) is 42.5 Å². The molecule has 1 N–H and O–H groups in total. The van der Waals surface area contributed by atoms with Crippen molar-refractivity contribution >= 4 is 23.4 Å². The maximum atomic E-state index is 14.5. The van der Waals surface area contributed by atoms with Crippen molar-refractivity contribution in [1.29, 1.82) is 0 Å². The summed E-state index contributed by atoms with van der Waals surface area (Å²) in [7, 11) is 0. The van der Waals surface area contributed by atoms with Crippen LogP contribution in [0.5, 0.6) is 0 Å². The minimum atomic E-state index is -0.979. The third-order valence-electron chi connectivity index (χ3n) is 8.31. The van der Waals surface area contributed by atoms with E-state index >= 15 is 0 Å². The van der Waals surface area contributed by atoms with Gasteiger partial charge in [-0.15, -0.1) is 0 Å². The molecule has 4 atom stereocenters. The summed E-state index contributed by atoms with van der Waals surface area (Å²) in [5.41, 5.74) is 1.89. The second-order valence-electron chi connectivity index (χ2n) is 10.8.